The molecule has 0 heterocycles. The predicted octanol–water partition coefficient (Wildman–Crippen LogP) is 16.8. The smallest absolute Gasteiger partial charge is 0.306 e. The third kappa shape index (κ3) is 47.6. The summed E-state index contributed by atoms with van der Waals surface area (Å²) in [6.45, 7) is 6.50. The Labute approximate surface area is 382 Å². The first-order valence-electron chi connectivity index (χ1n) is 25.6. The van der Waals surface area contributed by atoms with Gasteiger partial charge in [0.25, 0.3) is 0 Å². The number of carbonyl (C=O) groups is 3. The highest BCUT2D eigenvalue weighted by atomic mass is 16.6. The maximum absolute atomic E-state index is 12.8. The average Bonchev–Trinajstić information content (AvgIpc) is 3.27. The lowest BCUT2D eigenvalue weighted by molar-refractivity contribution is -0.167. The molecule has 0 aliphatic rings. The molecule has 1 atom stereocenters. The minimum atomic E-state index is -0.811. The lowest BCUT2D eigenvalue weighted by atomic mass is 10.1. The van der Waals surface area contributed by atoms with Crippen molar-refractivity contribution in [2.45, 2.75) is 239 Å². The summed E-state index contributed by atoms with van der Waals surface area (Å²) in [5.74, 6) is -0.986. The zero-order chi connectivity index (χ0) is 45.1. The number of hydrogen-bond donors (Lipinski definition) is 0. The van der Waals surface area contributed by atoms with E-state index in [1.165, 1.54) is 96.3 Å². The third-order valence-electron chi connectivity index (χ3n) is 10.7. The maximum Gasteiger partial charge on any atom is 0.306 e. The molecule has 1 unspecified atom stereocenters. The van der Waals surface area contributed by atoms with Gasteiger partial charge >= 0.3 is 17.9 Å². The molecule has 0 rings (SSSR count). The Morgan fingerprint density at radius 2 is 0.661 bits per heavy atom. The standard InChI is InChI=1S/C56H94O6/c1-4-7-10-13-16-19-21-23-25-27-29-30-32-34-37-40-43-46-49-55(58)61-52-53(51-60-54(57)48-45-42-39-36-18-15-12-9-6-3)62-56(59)50-47-44-41-38-35-33-31-28-26-24-22-20-17-14-11-8-5-2/h17,20-21,23-27,29-31,33,38,41,53H,4-16,18-19,22,28,32,34-37,39-40,42-52H2,1-3H3/b20-17-,23-21-,26-24-,27-25-,30-29-,33-31-,41-38-. The summed E-state index contributed by atoms with van der Waals surface area (Å²) in [7, 11) is 0. The van der Waals surface area contributed by atoms with E-state index in [0.717, 1.165) is 89.9 Å². The van der Waals surface area contributed by atoms with Crippen LogP contribution < -0.4 is 0 Å². The first-order chi connectivity index (χ1) is 30.5. The van der Waals surface area contributed by atoms with E-state index in [2.05, 4.69) is 106 Å². The zero-order valence-corrected chi connectivity index (χ0v) is 40.4. The minimum absolute atomic E-state index is 0.105. The van der Waals surface area contributed by atoms with Gasteiger partial charge < -0.3 is 14.2 Å². The number of rotatable bonds is 45. The van der Waals surface area contributed by atoms with Gasteiger partial charge in [-0.1, -0.05) is 215 Å². The van der Waals surface area contributed by atoms with E-state index in [9.17, 15) is 14.4 Å². The fraction of sp³-hybridized carbons (Fsp3) is 0.696. The number of esters is 3. The van der Waals surface area contributed by atoms with Crippen molar-refractivity contribution in [3.63, 3.8) is 0 Å². The molecule has 0 aromatic heterocycles. The zero-order valence-electron chi connectivity index (χ0n) is 40.4. The topological polar surface area (TPSA) is 78.9 Å². The van der Waals surface area contributed by atoms with Crippen LogP contribution in [0.25, 0.3) is 0 Å². The second-order valence-corrected chi connectivity index (χ2v) is 16.8. The summed E-state index contributed by atoms with van der Waals surface area (Å²) in [5, 5.41) is 0. The second-order valence-electron chi connectivity index (χ2n) is 16.8. The van der Waals surface area contributed by atoms with Gasteiger partial charge in [-0.25, -0.2) is 0 Å². The fourth-order valence-electron chi connectivity index (χ4n) is 6.79. The summed E-state index contributed by atoms with van der Waals surface area (Å²) < 4.78 is 16.7. The minimum Gasteiger partial charge on any atom is -0.462 e. The Morgan fingerprint density at radius 1 is 0.339 bits per heavy atom. The molecule has 354 valence electrons. The van der Waals surface area contributed by atoms with Gasteiger partial charge in [-0.2, -0.15) is 0 Å². The van der Waals surface area contributed by atoms with Gasteiger partial charge in [-0.3, -0.25) is 14.4 Å². The van der Waals surface area contributed by atoms with Crippen molar-refractivity contribution >= 4 is 17.9 Å². The lowest BCUT2D eigenvalue weighted by Gasteiger charge is -2.18. The lowest BCUT2D eigenvalue weighted by Crippen LogP contribution is -2.30. The molecule has 0 amide bonds. The van der Waals surface area contributed by atoms with E-state index in [1.54, 1.807) is 0 Å². The molecule has 0 aliphatic heterocycles. The second kappa shape index (κ2) is 50.2. The van der Waals surface area contributed by atoms with E-state index >= 15 is 0 Å². The van der Waals surface area contributed by atoms with Crippen molar-refractivity contribution in [1.82, 2.24) is 0 Å². The molecule has 0 fully saturated rings. The number of ether oxygens (including phenoxy) is 3. The van der Waals surface area contributed by atoms with Crippen LogP contribution in [0.5, 0.6) is 0 Å². The Balaban J connectivity index is 4.47. The summed E-state index contributed by atoms with van der Waals surface area (Å²) in [6.07, 6.45) is 64.3. The monoisotopic (exact) mass is 863 g/mol. The van der Waals surface area contributed by atoms with Crippen LogP contribution in [0.2, 0.25) is 0 Å². The summed E-state index contributed by atoms with van der Waals surface area (Å²) in [6, 6.07) is 0. The predicted molar refractivity (Wildman–Crippen MR) is 265 cm³/mol. The van der Waals surface area contributed by atoms with E-state index in [0.29, 0.717) is 19.3 Å². The molecule has 0 aromatic carbocycles. The highest BCUT2D eigenvalue weighted by Gasteiger charge is 2.19. The molecule has 0 N–H and O–H groups in total. The van der Waals surface area contributed by atoms with Crippen molar-refractivity contribution in [3.05, 3.63) is 85.1 Å². The first-order valence-corrected chi connectivity index (χ1v) is 25.6. The van der Waals surface area contributed by atoms with Crippen molar-refractivity contribution in [3.8, 4) is 0 Å². The molecule has 0 radical (unpaired) electrons. The van der Waals surface area contributed by atoms with Gasteiger partial charge in [-0.15, -0.1) is 0 Å². The molecule has 0 aliphatic carbocycles. The van der Waals surface area contributed by atoms with Gasteiger partial charge in [0.15, 0.2) is 6.10 Å². The summed E-state index contributed by atoms with van der Waals surface area (Å²) in [4.78, 5) is 37.9. The number of hydrogen-bond acceptors (Lipinski definition) is 6. The SMILES string of the molecule is CCCCC/C=C\C/C=C\C/C=C\C/C=C\CCCC(=O)OC(COC(=O)CCCCCCC\C=C/C=C\C=C/CCCCCCC)COC(=O)CCCCCCCCCCC. The van der Waals surface area contributed by atoms with Crippen molar-refractivity contribution < 1.29 is 28.6 Å². The number of allylic oxidation sites excluding steroid dienone is 14. The summed E-state index contributed by atoms with van der Waals surface area (Å²) >= 11 is 0. The number of carbonyl (C=O) groups excluding carboxylic acids is 3. The Morgan fingerprint density at radius 3 is 1.11 bits per heavy atom. The normalized spacial score (nSPS) is 12.8. The van der Waals surface area contributed by atoms with Crippen LogP contribution in [-0.4, -0.2) is 37.2 Å². The maximum atomic E-state index is 12.8. The van der Waals surface area contributed by atoms with E-state index in [4.69, 9.17) is 14.2 Å². The molecule has 0 saturated heterocycles. The van der Waals surface area contributed by atoms with Gasteiger partial charge in [0.1, 0.15) is 13.2 Å². The Bertz CT molecular complexity index is 1220. The van der Waals surface area contributed by atoms with Crippen LogP contribution in [0.3, 0.4) is 0 Å². The molecule has 0 spiro atoms. The van der Waals surface area contributed by atoms with Crippen molar-refractivity contribution in [1.29, 1.82) is 0 Å². The quantitative estimate of drug-likeness (QED) is 0.0199. The van der Waals surface area contributed by atoms with Crippen molar-refractivity contribution in [2.75, 3.05) is 13.2 Å². The van der Waals surface area contributed by atoms with Crippen LogP contribution in [-0.2, 0) is 28.6 Å². The van der Waals surface area contributed by atoms with Gasteiger partial charge in [0.05, 0.1) is 0 Å². The van der Waals surface area contributed by atoms with Crippen LogP contribution in [0.1, 0.15) is 233 Å². The van der Waals surface area contributed by atoms with E-state index in [-0.39, 0.29) is 37.5 Å². The molecule has 6 nitrogen and oxygen atoms in total. The molecular formula is C56H94O6. The molecular weight excluding hydrogens is 769 g/mol. The van der Waals surface area contributed by atoms with Crippen LogP contribution >= 0.6 is 0 Å². The Hall–Kier alpha value is -3.41. The largest absolute Gasteiger partial charge is 0.462 e. The molecule has 0 saturated carbocycles. The van der Waals surface area contributed by atoms with Gasteiger partial charge in [0.2, 0.25) is 0 Å². The van der Waals surface area contributed by atoms with Crippen molar-refractivity contribution in [2.24, 2.45) is 0 Å². The van der Waals surface area contributed by atoms with Crippen LogP contribution in [0.15, 0.2) is 85.1 Å². The number of unbranched alkanes of at least 4 members (excludes halogenated alkanes) is 22. The highest BCUT2D eigenvalue weighted by Crippen LogP contribution is 2.13. The first kappa shape index (κ1) is 58.6. The molecule has 6 heteroatoms. The van der Waals surface area contributed by atoms with Gasteiger partial charge in [-0.05, 0) is 83.5 Å². The highest BCUT2D eigenvalue weighted by molar-refractivity contribution is 5.71. The average molecular weight is 863 g/mol. The fourth-order valence-corrected chi connectivity index (χ4v) is 6.79. The molecule has 62 heavy (non-hydrogen) atoms. The molecule has 0 aromatic rings. The van der Waals surface area contributed by atoms with Crippen LogP contribution in [0, 0.1) is 0 Å². The molecule has 0 bridgehead atoms. The Kier molecular flexibility index (Phi) is 47.5. The third-order valence-corrected chi connectivity index (χ3v) is 10.7. The van der Waals surface area contributed by atoms with Gasteiger partial charge in [0, 0.05) is 19.3 Å². The van der Waals surface area contributed by atoms with E-state index < -0.39 is 6.10 Å². The van der Waals surface area contributed by atoms with Crippen LogP contribution in [0.4, 0.5) is 0 Å². The van der Waals surface area contributed by atoms with E-state index in [1.807, 2.05) is 0 Å². The summed E-state index contributed by atoms with van der Waals surface area (Å²) in [5.41, 5.74) is 0.